The first-order valence-corrected chi connectivity index (χ1v) is 6.84. The van der Waals surface area contributed by atoms with E-state index in [9.17, 15) is 4.79 Å². The maximum absolute atomic E-state index is 12.3. The average molecular weight is 370 g/mol. The van der Waals surface area contributed by atoms with E-state index in [0.717, 1.165) is 8.95 Å². The molecular formula is C14H10Br2O2. The smallest absolute Gasteiger partial charge is 0.194 e. The number of ether oxygens (including phenoxy) is 1. The highest BCUT2D eigenvalue weighted by Gasteiger charge is 2.13. The number of halogens is 2. The van der Waals surface area contributed by atoms with E-state index >= 15 is 0 Å². The Morgan fingerprint density at radius 3 is 2.56 bits per heavy atom. The summed E-state index contributed by atoms with van der Waals surface area (Å²) in [6.45, 7) is 0. The number of rotatable bonds is 3. The van der Waals surface area contributed by atoms with Gasteiger partial charge in [0.25, 0.3) is 0 Å². The van der Waals surface area contributed by atoms with E-state index in [-0.39, 0.29) is 5.78 Å². The van der Waals surface area contributed by atoms with Crippen LogP contribution in [0.4, 0.5) is 0 Å². The summed E-state index contributed by atoms with van der Waals surface area (Å²) in [5.41, 5.74) is 1.24. The largest absolute Gasteiger partial charge is 0.497 e. The normalized spacial score (nSPS) is 10.2. The van der Waals surface area contributed by atoms with Gasteiger partial charge in [0.1, 0.15) is 5.75 Å². The zero-order chi connectivity index (χ0) is 13.1. The summed E-state index contributed by atoms with van der Waals surface area (Å²) in [4.78, 5) is 12.3. The Labute approximate surface area is 122 Å². The van der Waals surface area contributed by atoms with Gasteiger partial charge in [0.2, 0.25) is 0 Å². The molecule has 2 nitrogen and oxygen atoms in total. The number of methoxy groups -OCH3 is 1. The van der Waals surface area contributed by atoms with Gasteiger partial charge in [-0.1, -0.05) is 28.1 Å². The fourth-order valence-electron chi connectivity index (χ4n) is 1.59. The number of hydrogen-bond acceptors (Lipinski definition) is 2. The van der Waals surface area contributed by atoms with Crippen LogP contribution in [0.1, 0.15) is 15.9 Å². The molecule has 0 aliphatic heterocycles. The van der Waals surface area contributed by atoms with Crippen LogP contribution < -0.4 is 4.74 Å². The van der Waals surface area contributed by atoms with Gasteiger partial charge in [-0.2, -0.15) is 0 Å². The third-order valence-corrected chi connectivity index (χ3v) is 3.66. The molecule has 4 heteroatoms. The molecular weight excluding hydrogens is 360 g/mol. The second-order valence-corrected chi connectivity index (χ2v) is 5.46. The summed E-state index contributed by atoms with van der Waals surface area (Å²) in [7, 11) is 1.58. The Morgan fingerprint density at radius 1 is 1.11 bits per heavy atom. The number of hydrogen-bond donors (Lipinski definition) is 0. The molecule has 18 heavy (non-hydrogen) atoms. The summed E-state index contributed by atoms with van der Waals surface area (Å²) >= 11 is 6.76. The molecule has 2 aromatic carbocycles. The standard InChI is InChI=1S/C14H10Br2O2/c1-18-11-4-2-3-9(7-11)14(17)12-6-5-10(15)8-13(12)16/h2-8H,1H3. The van der Waals surface area contributed by atoms with Crippen molar-refractivity contribution < 1.29 is 9.53 Å². The highest BCUT2D eigenvalue weighted by molar-refractivity contribution is 9.11. The molecule has 2 aromatic rings. The Kier molecular flexibility index (Phi) is 4.19. The highest BCUT2D eigenvalue weighted by atomic mass is 79.9. The van der Waals surface area contributed by atoms with E-state index < -0.39 is 0 Å². The number of carbonyl (C=O) groups excluding carboxylic acids is 1. The first-order valence-electron chi connectivity index (χ1n) is 5.25. The maximum Gasteiger partial charge on any atom is 0.194 e. The molecule has 0 aliphatic rings. The van der Waals surface area contributed by atoms with Crippen LogP contribution in [-0.4, -0.2) is 12.9 Å². The molecule has 0 amide bonds. The van der Waals surface area contributed by atoms with Gasteiger partial charge in [-0.15, -0.1) is 0 Å². The number of benzene rings is 2. The predicted octanol–water partition coefficient (Wildman–Crippen LogP) is 4.45. The molecule has 0 aromatic heterocycles. The molecule has 2 rings (SSSR count). The van der Waals surface area contributed by atoms with Crippen molar-refractivity contribution in [2.75, 3.05) is 7.11 Å². The van der Waals surface area contributed by atoms with Crippen molar-refractivity contribution in [3.63, 3.8) is 0 Å². The minimum absolute atomic E-state index is 0.0340. The lowest BCUT2D eigenvalue weighted by Gasteiger charge is -2.06. The van der Waals surface area contributed by atoms with Crippen LogP contribution in [0.25, 0.3) is 0 Å². The second kappa shape index (κ2) is 5.67. The zero-order valence-corrected chi connectivity index (χ0v) is 12.8. The molecule has 0 spiro atoms. The van der Waals surface area contributed by atoms with Crippen molar-refractivity contribution in [1.82, 2.24) is 0 Å². The van der Waals surface area contributed by atoms with Gasteiger partial charge in [-0.25, -0.2) is 0 Å². The van der Waals surface area contributed by atoms with E-state index in [1.54, 1.807) is 31.4 Å². The van der Waals surface area contributed by atoms with Crippen LogP contribution in [0, 0.1) is 0 Å². The molecule has 0 N–H and O–H groups in total. The number of ketones is 1. The monoisotopic (exact) mass is 368 g/mol. The van der Waals surface area contributed by atoms with Gasteiger partial charge in [0, 0.05) is 20.1 Å². The van der Waals surface area contributed by atoms with Gasteiger partial charge in [0.05, 0.1) is 7.11 Å². The van der Waals surface area contributed by atoms with Crippen LogP contribution in [0.3, 0.4) is 0 Å². The third-order valence-electron chi connectivity index (χ3n) is 2.51. The number of carbonyl (C=O) groups is 1. The van der Waals surface area contributed by atoms with Crippen LogP contribution in [-0.2, 0) is 0 Å². The van der Waals surface area contributed by atoms with Crippen LogP contribution in [0.15, 0.2) is 51.4 Å². The molecule has 0 radical (unpaired) electrons. The molecule has 0 fully saturated rings. The fourth-order valence-corrected chi connectivity index (χ4v) is 2.82. The Bertz CT molecular complexity index is 594. The second-order valence-electron chi connectivity index (χ2n) is 3.69. The quantitative estimate of drug-likeness (QED) is 0.747. The van der Waals surface area contributed by atoms with Gasteiger partial charge < -0.3 is 4.74 Å². The van der Waals surface area contributed by atoms with Crippen molar-refractivity contribution in [3.05, 3.63) is 62.5 Å². The van der Waals surface area contributed by atoms with Crippen molar-refractivity contribution in [2.45, 2.75) is 0 Å². The maximum atomic E-state index is 12.3. The molecule has 0 bridgehead atoms. The van der Waals surface area contributed by atoms with Crippen LogP contribution in [0.2, 0.25) is 0 Å². The van der Waals surface area contributed by atoms with Gasteiger partial charge in [-0.05, 0) is 46.3 Å². The van der Waals surface area contributed by atoms with Crippen molar-refractivity contribution in [3.8, 4) is 5.75 Å². The predicted molar refractivity (Wildman–Crippen MR) is 78.3 cm³/mol. The first kappa shape index (κ1) is 13.3. The summed E-state index contributed by atoms with van der Waals surface area (Å²) < 4.78 is 6.81. The average Bonchev–Trinajstić information content (AvgIpc) is 2.38. The molecule has 0 aliphatic carbocycles. The summed E-state index contributed by atoms with van der Waals surface area (Å²) in [6.07, 6.45) is 0. The topological polar surface area (TPSA) is 26.3 Å². The molecule has 0 saturated carbocycles. The van der Waals surface area contributed by atoms with Crippen LogP contribution in [0.5, 0.6) is 5.75 Å². The van der Waals surface area contributed by atoms with Gasteiger partial charge in [0.15, 0.2) is 5.78 Å². The SMILES string of the molecule is COc1cccc(C(=O)c2ccc(Br)cc2Br)c1. The van der Waals surface area contributed by atoms with Crippen molar-refractivity contribution in [1.29, 1.82) is 0 Å². The molecule has 0 heterocycles. The first-order chi connectivity index (χ1) is 8.61. The van der Waals surface area contributed by atoms with Crippen molar-refractivity contribution >= 4 is 37.6 Å². The summed E-state index contributed by atoms with van der Waals surface area (Å²) in [6, 6.07) is 12.6. The van der Waals surface area contributed by atoms with Crippen LogP contribution >= 0.6 is 31.9 Å². The van der Waals surface area contributed by atoms with E-state index in [4.69, 9.17) is 4.74 Å². The minimum Gasteiger partial charge on any atom is -0.497 e. The van der Waals surface area contributed by atoms with E-state index in [0.29, 0.717) is 16.9 Å². The van der Waals surface area contributed by atoms with E-state index in [1.165, 1.54) is 0 Å². The molecule has 92 valence electrons. The van der Waals surface area contributed by atoms with E-state index in [2.05, 4.69) is 31.9 Å². The van der Waals surface area contributed by atoms with Gasteiger partial charge in [-0.3, -0.25) is 4.79 Å². The Morgan fingerprint density at radius 2 is 1.89 bits per heavy atom. The Balaban J connectivity index is 2.41. The summed E-state index contributed by atoms with van der Waals surface area (Å²) in [5.74, 6) is 0.641. The highest BCUT2D eigenvalue weighted by Crippen LogP contribution is 2.25. The molecule has 0 unspecified atom stereocenters. The van der Waals surface area contributed by atoms with Crippen molar-refractivity contribution in [2.24, 2.45) is 0 Å². The Hall–Kier alpha value is -1.13. The molecule has 0 atom stereocenters. The minimum atomic E-state index is -0.0340. The zero-order valence-electron chi connectivity index (χ0n) is 9.61. The lowest BCUT2D eigenvalue weighted by molar-refractivity contribution is 0.103. The lowest BCUT2D eigenvalue weighted by atomic mass is 10.0. The third kappa shape index (κ3) is 2.82. The summed E-state index contributed by atoms with van der Waals surface area (Å²) in [5, 5.41) is 0. The molecule has 0 saturated heterocycles. The lowest BCUT2D eigenvalue weighted by Crippen LogP contribution is -2.02. The fraction of sp³-hybridized carbons (Fsp3) is 0.0714. The van der Waals surface area contributed by atoms with Gasteiger partial charge >= 0.3 is 0 Å². The van der Waals surface area contributed by atoms with E-state index in [1.807, 2.05) is 18.2 Å².